The predicted molar refractivity (Wildman–Crippen MR) is 111 cm³/mol. The van der Waals surface area contributed by atoms with E-state index in [4.69, 9.17) is 11.6 Å². The van der Waals surface area contributed by atoms with Crippen LogP contribution < -0.4 is 0 Å². The van der Waals surface area contributed by atoms with Crippen LogP contribution in [0.3, 0.4) is 0 Å². The van der Waals surface area contributed by atoms with E-state index < -0.39 is 0 Å². The molecule has 1 aliphatic rings. The SMILES string of the molecule is OCCCN1CCc2c(c(-c3ccc(Cl)cc3)cn2Cc2ccccc2)C1. The van der Waals surface area contributed by atoms with Crippen molar-refractivity contribution in [3.63, 3.8) is 0 Å². The molecule has 0 saturated heterocycles. The fourth-order valence-electron chi connectivity index (χ4n) is 3.96. The molecule has 4 heteroatoms. The molecule has 0 atom stereocenters. The van der Waals surface area contributed by atoms with Gasteiger partial charge in [-0.2, -0.15) is 0 Å². The summed E-state index contributed by atoms with van der Waals surface area (Å²) in [5.74, 6) is 0. The lowest BCUT2D eigenvalue weighted by molar-refractivity contribution is 0.211. The van der Waals surface area contributed by atoms with E-state index in [-0.39, 0.29) is 6.61 Å². The first-order valence-corrected chi connectivity index (χ1v) is 9.96. The molecule has 0 amide bonds. The number of fused-ring (bicyclic) bond motifs is 1. The number of aliphatic hydroxyl groups excluding tert-OH is 1. The second kappa shape index (κ2) is 8.30. The van der Waals surface area contributed by atoms with Crippen LogP contribution in [0.4, 0.5) is 0 Å². The Morgan fingerprint density at radius 1 is 1.00 bits per heavy atom. The Morgan fingerprint density at radius 3 is 2.52 bits per heavy atom. The van der Waals surface area contributed by atoms with Gasteiger partial charge in [-0.15, -0.1) is 0 Å². The van der Waals surface area contributed by atoms with Crippen LogP contribution in [0.5, 0.6) is 0 Å². The summed E-state index contributed by atoms with van der Waals surface area (Å²) in [5.41, 5.74) is 6.68. The average molecular weight is 381 g/mol. The van der Waals surface area contributed by atoms with Gasteiger partial charge in [0.2, 0.25) is 0 Å². The number of hydrogen-bond donors (Lipinski definition) is 1. The zero-order valence-corrected chi connectivity index (χ0v) is 16.2. The molecule has 2 heterocycles. The fraction of sp³-hybridized carbons (Fsp3) is 0.304. The quantitative estimate of drug-likeness (QED) is 0.677. The van der Waals surface area contributed by atoms with Gasteiger partial charge in [-0.3, -0.25) is 4.90 Å². The Hall–Kier alpha value is -2.07. The first kappa shape index (κ1) is 18.3. The summed E-state index contributed by atoms with van der Waals surface area (Å²) in [6.45, 7) is 4.08. The van der Waals surface area contributed by atoms with Gasteiger partial charge in [-0.1, -0.05) is 54.1 Å². The number of rotatable bonds is 6. The van der Waals surface area contributed by atoms with Crippen molar-refractivity contribution >= 4 is 11.6 Å². The van der Waals surface area contributed by atoms with E-state index in [1.165, 1.54) is 27.9 Å². The van der Waals surface area contributed by atoms with E-state index >= 15 is 0 Å². The maximum atomic E-state index is 9.18. The lowest BCUT2D eigenvalue weighted by Gasteiger charge is -2.28. The Labute approximate surface area is 165 Å². The highest BCUT2D eigenvalue weighted by Gasteiger charge is 2.24. The van der Waals surface area contributed by atoms with E-state index in [1.54, 1.807) is 0 Å². The monoisotopic (exact) mass is 380 g/mol. The first-order valence-electron chi connectivity index (χ1n) is 9.58. The lowest BCUT2D eigenvalue weighted by atomic mass is 9.99. The van der Waals surface area contributed by atoms with Crippen molar-refractivity contribution in [1.29, 1.82) is 0 Å². The van der Waals surface area contributed by atoms with Gasteiger partial charge < -0.3 is 9.67 Å². The van der Waals surface area contributed by atoms with E-state index in [2.05, 4.69) is 58.1 Å². The summed E-state index contributed by atoms with van der Waals surface area (Å²) in [6.07, 6.45) is 4.17. The van der Waals surface area contributed by atoms with Crippen LogP contribution in [0.15, 0.2) is 60.8 Å². The number of nitrogens with zero attached hydrogens (tertiary/aromatic N) is 2. The van der Waals surface area contributed by atoms with Crippen molar-refractivity contribution in [3.8, 4) is 11.1 Å². The van der Waals surface area contributed by atoms with Gasteiger partial charge in [0.1, 0.15) is 0 Å². The molecule has 1 aromatic heterocycles. The molecule has 140 valence electrons. The molecule has 0 spiro atoms. The molecule has 0 bridgehead atoms. The molecule has 1 aliphatic heterocycles. The van der Waals surface area contributed by atoms with Crippen LogP contribution in [-0.2, 0) is 19.5 Å². The maximum Gasteiger partial charge on any atom is 0.0473 e. The van der Waals surface area contributed by atoms with Crippen molar-refractivity contribution in [2.75, 3.05) is 19.7 Å². The van der Waals surface area contributed by atoms with Crippen LogP contribution in [0.25, 0.3) is 11.1 Å². The van der Waals surface area contributed by atoms with E-state index in [1.807, 2.05) is 12.1 Å². The van der Waals surface area contributed by atoms with Gasteiger partial charge in [0.05, 0.1) is 0 Å². The molecule has 3 aromatic rings. The van der Waals surface area contributed by atoms with Gasteiger partial charge in [-0.05, 0) is 35.2 Å². The Balaban J connectivity index is 1.70. The van der Waals surface area contributed by atoms with Crippen LogP contribution in [0.2, 0.25) is 5.02 Å². The second-order valence-electron chi connectivity index (χ2n) is 7.19. The van der Waals surface area contributed by atoms with E-state index in [0.29, 0.717) is 0 Å². The second-order valence-corrected chi connectivity index (χ2v) is 7.63. The Morgan fingerprint density at radius 2 is 1.78 bits per heavy atom. The minimum Gasteiger partial charge on any atom is -0.396 e. The fourth-order valence-corrected chi connectivity index (χ4v) is 4.09. The summed E-state index contributed by atoms with van der Waals surface area (Å²) in [5, 5.41) is 9.94. The zero-order chi connectivity index (χ0) is 18.6. The topological polar surface area (TPSA) is 28.4 Å². The predicted octanol–water partition coefficient (Wildman–Crippen LogP) is 4.60. The summed E-state index contributed by atoms with van der Waals surface area (Å²) >= 11 is 6.10. The molecule has 4 rings (SSSR count). The van der Waals surface area contributed by atoms with Crippen molar-refractivity contribution in [2.24, 2.45) is 0 Å². The molecule has 0 radical (unpaired) electrons. The molecule has 1 N–H and O–H groups in total. The van der Waals surface area contributed by atoms with Crippen LogP contribution in [-0.4, -0.2) is 34.3 Å². The van der Waals surface area contributed by atoms with Crippen LogP contribution in [0.1, 0.15) is 23.2 Å². The van der Waals surface area contributed by atoms with Gasteiger partial charge in [0.15, 0.2) is 0 Å². The van der Waals surface area contributed by atoms with Crippen molar-refractivity contribution in [1.82, 2.24) is 9.47 Å². The molecule has 0 fully saturated rings. The molecule has 0 aliphatic carbocycles. The van der Waals surface area contributed by atoms with Gasteiger partial charge in [-0.25, -0.2) is 0 Å². The minimum absolute atomic E-state index is 0.252. The Bertz CT molecular complexity index is 887. The Kier molecular flexibility index (Phi) is 5.63. The molecule has 0 unspecified atom stereocenters. The zero-order valence-electron chi connectivity index (χ0n) is 15.4. The highest BCUT2D eigenvalue weighted by atomic mass is 35.5. The number of halogens is 1. The highest BCUT2D eigenvalue weighted by Crippen LogP contribution is 2.33. The van der Waals surface area contributed by atoms with Crippen molar-refractivity contribution < 1.29 is 5.11 Å². The third kappa shape index (κ3) is 4.11. The molecule has 3 nitrogen and oxygen atoms in total. The van der Waals surface area contributed by atoms with Crippen molar-refractivity contribution in [2.45, 2.75) is 25.9 Å². The van der Waals surface area contributed by atoms with E-state index in [0.717, 1.165) is 44.0 Å². The molecule has 0 saturated carbocycles. The van der Waals surface area contributed by atoms with Crippen LogP contribution >= 0.6 is 11.6 Å². The summed E-state index contributed by atoms with van der Waals surface area (Å²) < 4.78 is 2.41. The maximum absolute atomic E-state index is 9.18. The largest absolute Gasteiger partial charge is 0.396 e. The molecular formula is C23H25ClN2O. The molecule has 2 aromatic carbocycles. The standard InChI is InChI=1S/C23H25ClN2O/c24-20-9-7-19(8-10-20)21-17-26(15-18-5-2-1-3-6-18)23-11-13-25(12-4-14-27)16-22(21)23/h1-3,5-10,17,27H,4,11-16H2. The van der Waals surface area contributed by atoms with E-state index in [9.17, 15) is 5.11 Å². The molecular weight excluding hydrogens is 356 g/mol. The normalized spacial score (nSPS) is 14.3. The summed E-state index contributed by atoms with van der Waals surface area (Å²) in [4.78, 5) is 2.45. The summed E-state index contributed by atoms with van der Waals surface area (Å²) in [6, 6.07) is 18.8. The number of benzene rings is 2. The molecule has 27 heavy (non-hydrogen) atoms. The lowest BCUT2D eigenvalue weighted by Crippen LogP contribution is -2.32. The average Bonchev–Trinajstić information content (AvgIpc) is 3.05. The number of aliphatic hydroxyl groups is 1. The van der Waals surface area contributed by atoms with Gasteiger partial charge in [0, 0.05) is 61.7 Å². The third-order valence-electron chi connectivity index (χ3n) is 5.34. The van der Waals surface area contributed by atoms with Gasteiger partial charge in [0.25, 0.3) is 0 Å². The van der Waals surface area contributed by atoms with Crippen molar-refractivity contribution in [3.05, 3.63) is 82.6 Å². The highest BCUT2D eigenvalue weighted by molar-refractivity contribution is 6.30. The van der Waals surface area contributed by atoms with Crippen LogP contribution in [0, 0.1) is 0 Å². The first-order chi connectivity index (χ1) is 13.2. The third-order valence-corrected chi connectivity index (χ3v) is 5.59. The van der Waals surface area contributed by atoms with Gasteiger partial charge >= 0.3 is 0 Å². The smallest absolute Gasteiger partial charge is 0.0473 e. The number of aromatic nitrogens is 1. The number of hydrogen-bond acceptors (Lipinski definition) is 2. The minimum atomic E-state index is 0.252. The summed E-state index contributed by atoms with van der Waals surface area (Å²) in [7, 11) is 0.